The molecule has 2 fully saturated rings. The van der Waals surface area contributed by atoms with Gasteiger partial charge in [0.15, 0.2) is 5.82 Å². The minimum absolute atomic E-state index is 0.00900. The number of hydrogen-bond acceptors (Lipinski definition) is 9. The van der Waals surface area contributed by atoms with Crippen LogP contribution >= 0.6 is 0 Å². The number of nitriles is 1. The number of rotatable bonds is 9. The lowest BCUT2D eigenvalue weighted by Crippen LogP contribution is -2.64. The van der Waals surface area contributed by atoms with Gasteiger partial charge in [-0.3, -0.25) is 9.59 Å². The van der Waals surface area contributed by atoms with Gasteiger partial charge in [0.25, 0.3) is 11.8 Å². The lowest BCUT2D eigenvalue weighted by Gasteiger charge is -2.49. The van der Waals surface area contributed by atoms with Crippen LogP contribution in [0.2, 0.25) is 0 Å². The summed E-state index contributed by atoms with van der Waals surface area (Å²) >= 11 is 0. The molecule has 1 N–H and O–H groups in total. The maximum absolute atomic E-state index is 13.8. The van der Waals surface area contributed by atoms with Crippen LogP contribution in [0.5, 0.6) is 5.75 Å². The lowest BCUT2D eigenvalue weighted by molar-refractivity contribution is -0.933. The quantitative estimate of drug-likeness (QED) is 0.192. The summed E-state index contributed by atoms with van der Waals surface area (Å²) in [6.07, 6.45) is 6.15. The number of aliphatic imine (C=N–C) groups is 1. The second-order valence-electron chi connectivity index (χ2n) is 13.2. The highest BCUT2D eigenvalue weighted by molar-refractivity contribution is 6.09. The number of amides is 2. The maximum Gasteiger partial charge on any atom is 0.339 e. The van der Waals surface area contributed by atoms with Gasteiger partial charge >= 0.3 is 5.97 Å². The molecule has 2 aromatic carbocycles. The Hall–Kier alpha value is -5.48. The zero-order valence-electron chi connectivity index (χ0n) is 29.0. The zero-order chi connectivity index (χ0) is 35.6. The van der Waals surface area contributed by atoms with Crippen molar-refractivity contribution in [2.45, 2.75) is 52.3 Å². The van der Waals surface area contributed by atoms with E-state index in [-0.39, 0.29) is 23.6 Å². The fraction of sp³-hybridized carbons (Fsp3) is 0.405. The molecule has 1 spiro atoms. The summed E-state index contributed by atoms with van der Waals surface area (Å²) in [6.45, 7) is 15.4. The third-order valence-electron chi connectivity index (χ3n) is 9.98. The number of esters is 1. The minimum atomic E-state index is -0.514. The van der Waals surface area contributed by atoms with Gasteiger partial charge in [0.05, 0.1) is 75.5 Å². The molecule has 4 heterocycles. The average Bonchev–Trinajstić information content (AvgIpc) is 3.68. The highest BCUT2D eigenvalue weighted by atomic mass is 16.5. The first kappa shape index (κ1) is 34.4. The van der Waals surface area contributed by atoms with Gasteiger partial charge in [-0.05, 0) is 56.7 Å². The number of anilines is 2. The van der Waals surface area contributed by atoms with E-state index in [9.17, 15) is 19.6 Å². The molecule has 0 atom stereocenters. The fourth-order valence-corrected chi connectivity index (χ4v) is 7.32. The number of carbonyl (C=O) groups is 3. The van der Waals surface area contributed by atoms with Crippen molar-refractivity contribution in [1.82, 2.24) is 14.7 Å². The van der Waals surface area contributed by atoms with Gasteiger partial charge < -0.3 is 29.1 Å². The van der Waals surface area contributed by atoms with Crippen LogP contribution < -0.4 is 15.0 Å². The monoisotopic (exact) mass is 679 g/mol. The molecular formula is C37H43N8O5+. The number of benzene rings is 2. The predicted molar refractivity (Wildman–Crippen MR) is 190 cm³/mol. The van der Waals surface area contributed by atoms with Crippen molar-refractivity contribution in [2.24, 2.45) is 4.99 Å². The second kappa shape index (κ2) is 14.2. The van der Waals surface area contributed by atoms with Gasteiger partial charge in [0.1, 0.15) is 17.4 Å². The smallest absolute Gasteiger partial charge is 0.339 e. The van der Waals surface area contributed by atoms with Crippen molar-refractivity contribution >= 4 is 47.4 Å². The normalized spacial score (nSPS) is 17.2. The Morgan fingerprint density at radius 3 is 2.52 bits per heavy atom. The number of aromatic nitrogens is 2. The Kier molecular flexibility index (Phi) is 9.74. The Bertz CT molecular complexity index is 1890. The van der Waals surface area contributed by atoms with Crippen molar-refractivity contribution < 1.29 is 28.3 Å². The van der Waals surface area contributed by atoms with Crippen LogP contribution in [-0.4, -0.2) is 102 Å². The molecule has 0 bridgehead atoms. The Morgan fingerprint density at radius 1 is 1.14 bits per heavy atom. The minimum Gasteiger partial charge on any atom is -0.489 e. The number of methoxy groups -OCH3 is 1. The van der Waals surface area contributed by atoms with E-state index in [0.29, 0.717) is 40.5 Å². The van der Waals surface area contributed by atoms with E-state index in [2.05, 4.69) is 33.0 Å². The third-order valence-corrected chi connectivity index (χ3v) is 9.98. The van der Waals surface area contributed by atoms with Crippen LogP contribution in [0, 0.1) is 11.3 Å². The molecule has 50 heavy (non-hydrogen) atoms. The standard InChI is InChI=1S/C37H42N8O5/c1-6-39-34-31(22-40-44(34)7-2)35(46)41-32-19-26-23-43(36(47)30(26)20-33(32)50-24(3)4)27-10-14-45(15-11-27)16-12-42(13-17-45)28-8-9-29(37(48)49-5)25(18-28)21-38/h6-9,18-20,22,24,27H,2,10-17,23H2,1,3-5H3/p+1/b39-6-. The topological polar surface area (TPSA) is 142 Å². The highest BCUT2D eigenvalue weighted by Gasteiger charge is 2.42. The van der Waals surface area contributed by atoms with Gasteiger partial charge in [0.2, 0.25) is 0 Å². The zero-order valence-corrected chi connectivity index (χ0v) is 29.0. The molecule has 0 saturated carbocycles. The molecule has 0 unspecified atom stereocenters. The molecule has 2 amide bonds. The van der Waals surface area contributed by atoms with E-state index in [1.165, 1.54) is 24.2 Å². The molecule has 13 heteroatoms. The Labute approximate surface area is 292 Å². The number of fused-ring (bicyclic) bond motifs is 1. The third kappa shape index (κ3) is 6.58. The van der Waals surface area contributed by atoms with E-state index in [4.69, 9.17) is 9.47 Å². The summed E-state index contributed by atoms with van der Waals surface area (Å²) in [5.41, 5.74) is 3.76. The Balaban J connectivity index is 1.12. The summed E-state index contributed by atoms with van der Waals surface area (Å²) < 4.78 is 13.4. The Morgan fingerprint density at radius 2 is 1.88 bits per heavy atom. The fourth-order valence-electron chi connectivity index (χ4n) is 7.32. The average molecular weight is 680 g/mol. The predicted octanol–water partition coefficient (Wildman–Crippen LogP) is 4.86. The molecule has 2 saturated heterocycles. The van der Waals surface area contributed by atoms with Gasteiger partial charge in [-0.1, -0.05) is 6.58 Å². The van der Waals surface area contributed by atoms with E-state index in [1.54, 1.807) is 31.3 Å². The molecule has 13 nitrogen and oxygen atoms in total. The van der Waals surface area contributed by atoms with Crippen molar-refractivity contribution in [3.8, 4) is 11.8 Å². The van der Waals surface area contributed by atoms with Crippen LogP contribution in [0.15, 0.2) is 48.1 Å². The van der Waals surface area contributed by atoms with Crippen LogP contribution in [0.25, 0.3) is 6.20 Å². The first-order valence-corrected chi connectivity index (χ1v) is 17.0. The van der Waals surface area contributed by atoms with Crippen LogP contribution in [0.3, 0.4) is 0 Å². The number of piperazine rings is 1. The molecule has 1 aromatic heterocycles. The lowest BCUT2D eigenvalue weighted by atomic mass is 9.99. The SMILES string of the molecule is C=Cn1ncc(C(=O)Nc2cc3c(cc2OC(C)C)C(=O)N(C2CC[N+]4(CC2)CCN(c2ccc(C(=O)OC)c(C#N)c2)CC4)C3)c1/N=C\C. The number of nitrogens with one attached hydrogen (secondary N) is 1. The molecular weight excluding hydrogens is 636 g/mol. The molecule has 260 valence electrons. The summed E-state index contributed by atoms with van der Waals surface area (Å²) in [6, 6.07) is 11.2. The van der Waals surface area contributed by atoms with Crippen LogP contribution in [0.1, 0.15) is 75.8 Å². The highest BCUT2D eigenvalue weighted by Crippen LogP contribution is 2.38. The number of piperidine rings is 1. The van der Waals surface area contributed by atoms with Crippen molar-refractivity contribution in [3.05, 3.63) is 70.9 Å². The van der Waals surface area contributed by atoms with E-state index < -0.39 is 11.9 Å². The molecule has 3 aliphatic heterocycles. The van der Waals surface area contributed by atoms with E-state index in [0.717, 1.165) is 67.8 Å². The summed E-state index contributed by atoms with van der Waals surface area (Å²) in [5, 5.41) is 16.8. The van der Waals surface area contributed by atoms with Crippen molar-refractivity contribution in [2.75, 3.05) is 56.6 Å². The number of quaternary nitrogens is 1. The van der Waals surface area contributed by atoms with Gasteiger partial charge in [-0.15, -0.1) is 0 Å². The molecule has 3 aromatic rings. The maximum atomic E-state index is 13.8. The largest absolute Gasteiger partial charge is 0.489 e. The number of ether oxygens (including phenoxy) is 2. The van der Waals surface area contributed by atoms with E-state index >= 15 is 0 Å². The van der Waals surface area contributed by atoms with Crippen molar-refractivity contribution in [1.29, 1.82) is 5.26 Å². The van der Waals surface area contributed by atoms with Gasteiger partial charge in [-0.25, -0.2) is 14.5 Å². The number of carbonyl (C=O) groups excluding carboxylic acids is 3. The second-order valence-corrected chi connectivity index (χ2v) is 13.2. The van der Waals surface area contributed by atoms with Gasteiger partial charge in [-0.2, -0.15) is 10.4 Å². The molecule has 0 aliphatic carbocycles. The first-order chi connectivity index (χ1) is 24.1. The number of nitrogens with zero attached hydrogens (tertiary/aromatic N) is 7. The summed E-state index contributed by atoms with van der Waals surface area (Å²) in [5.74, 6) is -0.105. The summed E-state index contributed by atoms with van der Waals surface area (Å²) in [4.78, 5) is 47.9. The molecule has 6 rings (SSSR count). The van der Waals surface area contributed by atoms with Crippen LogP contribution in [-0.2, 0) is 11.3 Å². The molecule has 3 aliphatic rings. The van der Waals surface area contributed by atoms with Crippen LogP contribution in [0.4, 0.5) is 17.2 Å². The van der Waals surface area contributed by atoms with E-state index in [1.807, 2.05) is 30.9 Å². The van der Waals surface area contributed by atoms with Gasteiger partial charge in [0, 0.05) is 49.1 Å². The summed E-state index contributed by atoms with van der Waals surface area (Å²) in [7, 11) is 1.31. The first-order valence-electron chi connectivity index (χ1n) is 17.0. The number of hydrogen-bond donors (Lipinski definition) is 1. The molecule has 0 radical (unpaired) electrons. The van der Waals surface area contributed by atoms with Crippen molar-refractivity contribution in [3.63, 3.8) is 0 Å².